The molecule has 1 N–H and O–H groups in total. The summed E-state index contributed by atoms with van der Waals surface area (Å²) in [6, 6.07) is 22.5. The van der Waals surface area contributed by atoms with Gasteiger partial charge in [-0.15, -0.1) is 0 Å². The molecule has 0 aromatic heterocycles. The molecular formula is C25H25ClF3NO2. The maximum absolute atomic E-state index is 13.3. The first-order chi connectivity index (χ1) is 15.3. The highest BCUT2D eigenvalue weighted by Crippen LogP contribution is 2.36. The summed E-state index contributed by atoms with van der Waals surface area (Å²) in [7, 11) is 0. The summed E-state index contributed by atoms with van der Waals surface area (Å²) in [6.07, 6.45) is -4.67. The van der Waals surface area contributed by atoms with Gasteiger partial charge in [0.25, 0.3) is 0 Å². The van der Waals surface area contributed by atoms with Crippen molar-refractivity contribution in [3.63, 3.8) is 0 Å². The van der Waals surface area contributed by atoms with Crippen molar-refractivity contribution in [1.82, 2.24) is 4.90 Å². The summed E-state index contributed by atoms with van der Waals surface area (Å²) in [4.78, 5) is 1.90. The minimum Gasteiger partial charge on any atom is -0.494 e. The lowest BCUT2D eigenvalue weighted by Crippen LogP contribution is -2.30. The number of para-hydroxylation sites is 1. The number of benzene rings is 3. The van der Waals surface area contributed by atoms with Gasteiger partial charge in [-0.05, 0) is 35.7 Å². The van der Waals surface area contributed by atoms with Gasteiger partial charge in [0.15, 0.2) is 0 Å². The van der Waals surface area contributed by atoms with E-state index < -0.39 is 17.8 Å². The molecule has 0 aliphatic carbocycles. The molecule has 0 spiro atoms. The molecule has 0 bridgehead atoms. The molecule has 0 aliphatic rings. The summed E-state index contributed by atoms with van der Waals surface area (Å²) >= 11 is 6.10. The van der Waals surface area contributed by atoms with Crippen LogP contribution in [0.15, 0.2) is 78.9 Å². The fraction of sp³-hybridized carbons (Fsp3) is 0.280. The van der Waals surface area contributed by atoms with E-state index in [0.717, 1.165) is 17.4 Å². The van der Waals surface area contributed by atoms with E-state index >= 15 is 0 Å². The number of aliphatic hydroxyl groups excluding tert-OH is 1. The third kappa shape index (κ3) is 6.99. The molecule has 3 aromatic carbocycles. The van der Waals surface area contributed by atoms with Gasteiger partial charge in [-0.25, -0.2) is 0 Å². The van der Waals surface area contributed by atoms with Gasteiger partial charge in [0.2, 0.25) is 0 Å². The van der Waals surface area contributed by atoms with E-state index in [2.05, 4.69) is 0 Å². The van der Waals surface area contributed by atoms with Crippen LogP contribution in [0.5, 0.6) is 5.75 Å². The van der Waals surface area contributed by atoms with Crippen LogP contribution in [-0.4, -0.2) is 29.7 Å². The maximum Gasteiger partial charge on any atom is 0.417 e. The highest BCUT2D eigenvalue weighted by atomic mass is 35.5. The van der Waals surface area contributed by atoms with Crippen molar-refractivity contribution in [3.05, 3.63) is 101 Å². The van der Waals surface area contributed by atoms with Crippen LogP contribution in [0.1, 0.15) is 29.2 Å². The first-order valence-electron chi connectivity index (χ1n) is 10.3. The number of rotatable bonds is 10. The summed E-state index contributed by atoms with van der Waals surface area (Å²) in [5.41, 5.74) is 0.256. The zero-order chi connectivity index (χ0) is 23.0. The van der Waals surface area contributed by atoms with E-state index in [9.17, 15) is 18.3 Å². The fourth-order valence-corrected chi connectivity index (χ4v) is 3.71. The van der Waals surface area contributed by atoms with Crippen LogP contribution in [0, 0.1) is 0 Å². The van der Waals surface area contributed by atoms with Crippen LogP contribution in [0.25, 0.3) is 0 Å². The number of nitrogens with zero attached hydrogens (tertiary/aromatic N) is 1. The van der Waals surface area contributed by atoms with Crippen molar-refractivity contribution in [2.75, 3.05) is 19.7 Å². The quantitative estimate of drug-likeness (QED) is 0.355. The Balaban J connectivity index is 1.70. The van der Waals surface area contributed by atoms with Crippen molar-refractivity contribution >= 4 is 11.6 Å². The molecule has 0 radical (unpaired) electrons. The Labute approximate surface area is 191 Å². The van der Waals surface area contributed by atoms with Gasteiger partial charge in [0.1, 0.15) is 5.75 Å². The molecule has 0 fully saturated rings. The number of alkyl halides is 3. The second-order valence-corrected chi connectivity index (χ2v) is 7.83. The minimum atomic E-state index is -4.52. The number of halogens is 4. The van der Waals surface area contributed by atoms with Crippen molar-refractivity contribution in [1.29, 1.82) is 0 Å². The molecular weight excluding hydrogens is 439 g/mol. The number of ether oxygens (including phenoxy) is 1. The van der Waals surface area contributed by atoms with Crippen LogP contribution in [0.4, 0.5) is 13.2 Å². The van der Waals surface area contributed by atoms with E-state index in [1.165, 1.54) is 6.07 Å². The Morgan fingerprint density at radius 1 is 0.906 bits per heavy atom. The molecule has 0 saturated carbocycles. The lowest BCUT2D eigenvalue weighted by Gasteiger charge is -2.26. The SMILES string of the molecule is OC(CN(CCCOc1ccccc1)Cc1cccc(C(F)(F)F)c1Cl)c1ccccc1. The zero-order valence-corrected chi connectivity index (χ0v) is 18.2. The smallest absolute Gasteiger partial charge is 0.417 e. The zero-order valence-electron chi connectivity index (χ0n) is 17.4. The van der Waals surface area contributed by atoms with Gasteiger partial charge in [-0.3, -0.25) is 4.90 Å². The molecule has 7 heteroatoms. The summed E-state index contributed by atoms with van der Waals surface area (Å²) in [5, 5.41) is 10.4. The fourth-order valence-electron chi connectivity index (χ4n) is 3.42. The maximum atomic E-state index is 13.3. The monoisotopic (exact) mass is 463 g/mol. The van der Waals surface area contributed by atoms with Gasteiger partial charge in [-0.2, -0.15) is 13.2 Å². The average Bonchev–Trinajstić information content (AvgIpc) is 2.78. The van der Waals surface area contributed by atoms with Gasteiger partial charge in [0, 0.05) is 19.6 Å². The second kappa shape index (κ2) is 11.4. The largest absolute Gasteiger partial charge is 0.494 e. The van der Waals surface area contributed by atoms with E-state index in [4.69, 9.17) is 16.3 Å². The summed E-state index contributed by atoms with van der Waals surface area (Å²) < 4.78 is 45.5. The Hall–Kier alpha value is -2.54. The first kappa shape index (κ1) is 24.1. The van der Waals surface area contributed by atoms with E-state index in [1.54, 1.807) is 6.07 Å². The van der Waals surface area contributed by atoms with Crippen LogP contribution in [-0.2, 0) is 12.7 Å². The average molecular weight is 464 g/mol. The van der Waals surface area contributed by atoms with Crippen LogP contribution >= 0.6 is 11.6 Å². The van der Waals surface area contributed by atoms with E-state index in [1.807, 2.05) is 65.6 Å². The lowest BCUT2D eigenvalue weighted by molar-refractivity contribution is -0.137. The lowest BCUT2D eigenvalue weighted by atomic mass is 10.1. The van der Waals surface area contributed by atoms with Crippen LogP contribution < -0.4 is 4.74 Å². The Morgan fingerprint density at radius 3 is 2.22 bits per heavy atom. The molecule has 3 aromatic rings. The van der Waals surface area contributed by atoms with Crippen LogP contribution in [0.3, 0.4) is 0 Å². The molecule has 32 heavy (non-hydrogen) atoms. The molecule has 0 amide bonds. The van der Waals surface area contributed by atoms with Gasteiger partial charge < -0.3 is 9.84 Å². The van der Waals surface area contributed by atoms with Crippen molar-refractivity contribution in [2.24, 2.45) is 0 Å². The van der Waals surface area contributed by atoms with Crippen LogP contribution in [0.2, 0.25) is 5.02 Å². The van der Waals surface area contributed by atoms with Gasteiger partial charge in [0.05, 0.1) is 23.3 Å². The second-order valence-electron chi connectivity index (χ2n) is 7.45. The summed E-state index contributed by atoms with van der Waals surface area (Å²) in [5.74, 6) is 0.754. The van der Waals surface area contributed by atoms with Crippen molar-refractivity contribution in [2.45, 2.75) is 25.2 Å². The Bertz CT molecular complexity index is 968. The highest BCUT2D eigenvalue weighted by molar-refractivity contribution is 6.32. The Kier molecular flexibility index (Phi) is 8.56. The number of aliphatic hydroxyl groups is 1. The molecule has 0 saturated heterocycles. The van der Waals surface area contributed by atoms with Crippen molar-refractivity contribution < 1.29 is 23.0 Å². The molecule has 3 nitrogen and oxygen atoms in total. The molecule has 0 heterocycles. The molecule has 1 unspecified atom stereocenters. The van der Waals surface area contributed by atoms with E-state index in [-0.39, 0.29) is 18.1 Å². The Morgan fingerprint density at radius 2 is 1.56 bits per heavy atom. The topological polar surface area (TPSA) is 32.7 Å². The molecule has 3 rings (SSSR count). The molecule has 170 valence electrons. The van der Waals surface area contributed by atoms with E-state index in [0.29, 0.717) is 25.1 Å². The number of hydrogen-bond donors (Lipinski definition) is 1. The predicted molar refractivity (Wildman–Crippen MR) is 120 cm³/mol. The molecule has 0 aliphatic heterocycles. The first-order valence-corrected chi connectivity index (χ1v) is 10.7. The third-order valence-corrected chi connectivity index (χ3v) is 5.47. The highest BCUT2D eigenvalue weighted by Gasteiger charge is 2.34. The standard InChI is InChI=1S/C25H25ClF3NO2/c26-24-20(11-7-14-22(24)25(27,28)29)17-30(18-23(31)19-9-3-1-4-10-19)15-8-16-32-21-12-5-2-6-13-21/h1-7,9-14,23,31H,8,15-18H2. The minimum absolute atomic E-state index is 0.179. The number of hydrogen-bond acceptors (Lipinski definition) is 3. The molecule has 1 atom stereocenters. The summed E-state index contributed by atoms with van der Waals surface area (Å²) in [6.45, 7) is 1.39. The van der Waals surface area contributed by atoms with Gasteiger partial charge >= 0.3 is 6.18 Å². The van der Waals surface area contributed by atoms with Gasteiger partial charge in [-0.1, -0.05) is 72.3 Å². The predicted octanol–water partition coefficient (Wildman–Crippen LogP) is 6.36. The third-order valence-electron chi connectivity index (χ3n) is 5.02. The van der Waals surface area contributed by atoms with Crippen molar-refractivity contribution in [3.8, 4) is 5.75 Å². The normalized spacial score (nSPS) is 12.7.